The van der Waals surface area contributed by atoms with Crippen molar-refractivity contribution in [3.63, 3.8) is 0 Å². The number of hydrogen-bond donors (Lipinski definition) is 0. The zero-order valence-corrected chi connectivity index (χ0v) is 8.39. The standard InChI is InChI=1S/C12H22/c1-10-5-6-11-3-2-4-12(9-10)8-7-11/h10-12H,2-9H2,1H3/t10-,11?,12?/m1/s1. The van der Waals surface area contributed by atoms with Crippen molar-refractivity contribution < 1.29 is 0 Å². The summed E-state index contributed by atoms with van der Waals surface area (Å²) in [4.78, 5) is 0. The van der Waals surface area contributed by atoms with Gasteiger partial charge in [-0.05, 0) is 24.2 Å². The maximum absolute atomic E-state index is 2.46. The molecule has 0 spiro atoms. The summed E-state index contributed by atoms with van der Waals surface area (Å²) < 4.78 is 0. The van der Waals surface area contributed by atoms with E-state index < -0.39 is 0 Å². The zero-order chi connectivity index (χ0) is 8.39. The molecule has 0 amide bonds. The van der Waals surface area contributed by atoms with Crippen molar-refractivity contribution in [2.24, 2.45) is 17.8 Å². The first kappa shape index (κ1) is 8.59. The van der Waals surface area contributed by atoms with Crippen molar-refractivity contribution in [3.8, 4) is 0 Å². The van der Waals surface area contributed by atoms with E-state index in [9.17, 15) is 0 Å². The third-order valence-corrected chi connectivity index (χ3v) is 4.01. The van der Waals surface area contributed by atoms with E-state index in [1.54, 1.807) is 25.7 Å². The van der Waals surface area contributed by atoms with Crippen molar-refractivity contribution >= 4 is 0 Å². The first-order chi connectivity index (χ1) is 5.84. The maximum atomic E-state index is 2.46. The van der Waals surface area contributed by atoms with Crippen LogP contribution in [0, 0.1) is 17.8 Å². The highest BCUT2D eigenvalue weighted by Crippen LogP contribution is 2.37. The van der Waals surface area contributed by atoms with Crippen LogP contribution in [0.5, 0.6) is 0 Å². The van der Waals surface area contributed by atoms with Gasteiger partial charge in [0.1, 0.15) is 0 Å². The van der Waals surface area contributed by atoms with Gasteiger partial charge < -0.3 is 0 Å². The lowest BCUT2D eigenvalue weighted by Crippen LogP contribution is -2.11. The van der Waals surface area contributed by atoms with Gasteiger partial charge in [0.15, 0.2) is 0 Å². The summed E-state index contributed by atoms with van der Waals surface area (Å²) in [6.07, 6.45) is 12.3. The van der Waals surface area contributed by atoms with E-state index in [1.807, 2.05) is 0 Å². The van der Waals surface area contributed by atoms with E-state index in [-0.39, 0.29) is 0 Å². The summed E-state index contributed by atoms with van der Waals surface area (Å²) in [6, 6.07) is 0. The second-order valence-corrected chi connectivity index (χ2v) is 5.16. The minimum atomic E-state index is 1.02. The normalized spacial score (nSPS) is 43.2. The highest BCUT2D eigenvalue weighted by atomic mass is 14.3. The van der Waals surface area contributed by atoms with Crippen LogP contribution < -0.4 is 0 Å². The third kappa shape index (κ3) is 2.02. The van der Waals surface area contributed by atoms with Gasteiger partial charge in [-0.3, -0.25) is 0 Å². The molecule has 0 saturated heterocycles. The number of rotatable bonds is 0. The Morgan fingerprint density at radius 2 is 1.42 bits per heavy atom. The average Bonchev–Trinajstić information content (AvgIpc) is 2.20. The van der Waals surface area contributed by atoms with E-state index >= 15 is 0 Å². The highest BCUT2D eigenvalue weighted by Gasteiger charge is 2.23. The molecule has 0 aromatic carbocycles. The SMILES string of the molecule is C[C@@H]1CCC2CCCC(CC2)C1. The lowest BCUT2D eigenvalue weighted by molar-refractivity contribution is 0.286. The number of hydrogen-bond acceptors (Lipinski definition) is 0. The predicted octanol–water partition coefficient (Wildman–Crippen LogP) is 4.00. The molecule has 2 fully saturated rings. The van der Waals surface area contributed by atoms with E-state index in [2.05, 4.69) is 6.92 Å². The Kier molecular flexibility index (Phi) is 2.73. The van der Waals surface area contributed by atoms with Crippen LogP contribution in [0.15, 0.2) is 0 Å². The largest absolute Gasteiger partial charge is 0.0625 e. The van der Waals surface area contributed by atoms with Gasteiger partial charge in [-0.15, -0.1) is 0 Å². The van der Waals surface area contributed by atoms with Gasteiger partial charge in [-0.25, -0.2) is 0 Å². The molecule has 0 heterocycles. The molecule has 0 aromatic heterocycles. The molecule has 70 valence electrons. The Hall–Kier alpha value is 0. The minimum Gasteiger partial charge on any atom is -0.0625 e. The molecule has 2 bridgehead atoms. The molecule has 2 unspecified atom stereocenters. The first-order valence-electron chi connectivity index (χ1n) is 5.84. The fraction of sp³-hybridized carbons (Fsp3) is 1.00. The summed E-state index contributed by atoms with van der Waals surface area (Å²) in [5, 5.41) is 0. The molecule has 12 heavy (non-hydrogen) atoms. The summed E-state index contributed by atoms with van der Waals surface area (Å²) >= 11 is 0. The third-order valence-electron chi connectivity index (χ3n) is 4.01. The average molecular weight is 166 g/mol. The zero-order valence-electron chi connectivity index (χ0n) is 8.39. The molecule has 0 radical (unpaired) electrons. The van der Waals surface area contributed by atoms with E-state index in [1.165, 1.54) is 25.7 Å². The molecule has 0 heteroatoms. The van der Waals surface area contributed by atoms with Crippen LogP contribution in [0.25, 0.3) is 0 Å². The molecular weight excluding hydrogens is 144 g/mol. The van der Waals surface area contributed by atoms with Gasteiger partial charge in [0.2, 0.25) is 0 Å². The second kappa shape index (κ2) is 3.81. The Labute approximate surface area is 76.7 Å². The Morgan fingerprint density at radius 1 is 0.750 bits per heavy atom. The van der Waals surface area contributed by atoms with Gasteiger partial charge in [-0.1, -0.05) is 51.9 Å². The van der Waals surface area contributed by atoms with Gasteiger partial charge in [0.25, 0.3) is 0 Å². The van der Waals surface area contributed by atoms with Gasteiger partial charge >= 0.3 is 0 Å². The summed E-state index contributed by atoms with van der Waals surface area (Å²) in [5.74, 6) is 3.24. The van der Waals surface area contributed by atoms with Crippen LogP contribution in [0.1, 0.15) is 58.3 Å². The van der Waals surface area contributed by atoms with Gasteiger partial charge in [0, 0.05) is 0 Å². The van der Waals surface area contributed by atoms with Crippen LogP contribution in [-0.4, -0.2) is 0 Å². The summed E-state index contributed by atoms with van der Waals surface area (Å²) in [7, 11) is 0. The van der Waals surface area contributed by atoms with Crippen molar-refractivity contribution in [2.75, 3.05) is 0 Å². The van der Waals surface area contributed by atoms with E-state index in [4.69, 9.17) is 0 Å². The van der Waals surface area contributed by atoms with Crippen LogP contribution in [0.3, 0.4) is 0 Å². The molecule has 2 saturated carbocycles. The topological polar surface area (TPSA) is 0 Å². The fourth-order valence-corrected chi connectivity index (χ4v) is 3.19. The molecule has 0 N–H and O–H groups in total. The lowest BCUT2D eigenvalue weighted by atomic mass is 9.82. The van der Waals surface area contributed by atoms with Crippen molar-refractivity contribution in [3.05, 3.63) is 0 Å². The lowest BCUT2D eigenvalue weighted by Gasteiger charge is -2.23. The molecular formula is C12H22. The highest BCUT2D eigenvalue weighted by molar-refractivity contribution is 4.76. The number of fused-ring (bicyclic) bond motifs is 3. The minimum absolute atomic E-state index is 1.02. The quantitative estimate of drug-likeness (QED) is 0.510. The predicted molar refractivity (Wildman–Crippen MR) is 53.1 cm³/mol. The molecule has 2 rings (SSSR count). The van der Waals surface area contributed by atoms with Crippen LogP contribution >= 0.6 is 0 Å². The molecule has 3 atom stereocenters. The van der Waals surface area contributed by atoms with E-state index in [0.717, 1.165) is 17.8 Å². The van der Waals surface area contributed by atoms with E-state index in [0.29, 0.717) is 0 Å². The van der Waals surface area contributed by atoms with Crippen molar-refractivity contribution in [1.29, 1.82) is 0 Å². The monoisotopic (exact) mass is 166 g/mol. The molecule has 2 aliphatic carbocycles. The maximum Gasteiger partial charge on any atom is -0.0412 e. The van der Waals surface area contributed by atoms with Crippen LogP contribution in [0.4, 0.5) is 0 Å². The van der Waals surface area contributed by atoms with Crippen LogP contribution in [0.2, 0.25) is 0 Å². The first-order valence-corrected chi connectivity index (χ1v) is 5.84. The molecule has 0 nitrogen and oxygen atoms in total. The Balaban J connectivity index is 2.00. The van der Waals surface area contributed by atoms with Crippen LogP contribution in [-0.2, 0) is 0 Å². The van der Waals surface area contributed by atoms with Gasteiger partial charge in [-0.2, -0.15) is 0 Å². The van der Waals surface area contributed by atoms with Crippen molar-refractivity contribution in [1.82, 2.24) is 0 Å². The Bertz CT molecular complexity index is 139. The molecule has 0 aliphatic heterocycles. The molecule has 0 aromatic rings. The fourth-order valence-electron chi connectivity index (χ4n) is 3.19. The van der Waals surface area contributed by atoms with Gasteiger partial charge in [0.05, 0.1) is 0 Å². The second-order valence-electron chi connectivity index (χ2n) is 5.16. The smallest absolute Gasteiger partial charge is 0.0412 e. The Morgan fingerprint density at radius 3 is 2.33 bits per heavy atom. The summed E-state index contributed by atoms with van der Waals surface area (Å²) in [5.41, 5.74) is 0. The summed E-state index contributed by atoms with van der Waals surface area (Å²) in [6.45, 7) is 2.46. The molecule has 2 aliphatic rings. The van der Waals surface area contributed by atoms with Crippen molar-refractivity contribution in [2.45, 2.75) is 58.3 Å².